The van der Waals surface area contributed by atoms with Crippen LogP contribution < -0.4 is 15.2 Å². The van der Waals surface area contributed by atoms with E-state index >= 15 is 0 Å². The first-order valence-electron chi connectivity index (χ1n) is 8.57. The second-order valence-electron chi connectivity index (χ2n) is 6.55. The van der Waals surface area contributed by atoms with Crippen molar-refractivity contribution in [3.63, 3.8) is 0 Å². The van der Waals surface area contributed by atoms with E-state index in [1.807, 2.05) is 23.1 Å². The van der Waals surface area contributed by atoms with Gasteiger partial charge in [-0.05, 0) is 43.9 Å². The van der Waals surface area contributed by atoms with Crippen LogP contribution in [0.25, 0.3) is 0 Å². The van der Waals surface area contributed by atoms with Gasteiger partial charge >= 0.3 is 0 Å². The van der Waals surface area contributed by atoms with Crippen LogP contribution in [0.4, 0.5) is 0 Å². The van der Waals surface area contributed by atoms with Crippen LogP contribution in [0.5, 0.6) is 11.5 Å². The van der Waals surface area contributed by atoms with Gasteiger partial charge in [-0.2, -0.15) is 0 Å². The van der Waals surface area contributed by atoms with Gasteiger partial charge < -0.3 is 20.1 Å². The molecule has 1 fully saturated rings. The van der Waals surface area contributed by atoms with Crippen molar-refractivity contribution in [3.05, 3.63) is 23.8 Å². The van der Waals surface area contributed by atoms with Crippen LogP contribution in [0, 0.1) is 0 Å². The van der Waals surface area contributed by atoms with Gasteiger partial charge in [0.2, 0.25) is 5.91 Å². The molecule has 2 atom stereocenters. The van der Waals surface area contributed by atoms with E-state index in [2.05, 4.69) is 6.92 Å². The average Bonchev–Trinajstić information content (AvgIpc) is 2.77. The van der Waals surface area contributed by atoms with Crippen molar-refractivity contribution in [2.24, 2.45) is 5.73 Å². The summed E-state index contributed by atoms with van der Waals surface area (Å²) in [7, 11) is 0. The minimum absolute atomic E-state index is 0.219. The van der Waals surface area contributed by atoms with Crippen LogP contribution in [0.2, 0.25) is 0 Å². The molecular weight excluding hydrogens is 292 g/mol. The molecule has 0 aliphatic carbocycles. The van der Waals surface area contributed by atoms with Gasteiger partial charge in [0.05, 0.1) is 13.2 Å². The molecule has 0 bridgehead atoms. The molecule has 1 aromatic carbocycles. The SMILES string of the molecule is C[C@H]1C[C@H](N)CCN1C(=O)CCc1ccc2c(c1)OCCCO2. The molecule has 2 N–H and O–H groups in total. The Morgan fingerprint density at radius 3 is 2.87 bits per heavy atom. The van der Waals surface area contributed by atoms with Gasteiger partial charge in [-0.3, -0.25) is 4.79 Å². The fraction of sp³-hybridized carbons (Fsp3) is 0.611. The van der Waals surface area contributed by atoms with E-state index in [4.69, 9.17) is 15.2 Å². The van der Waals surface area contributed by atoms with E-state index in [-0.39, 0.29) is 18.0 Å². The summed E-state index contributed by atoms with van der Waals surface area (Å²) < 4.78 is 11.3. The molecule has 2 aliphatic rings. The van der Waals surface area contributed by atoms with Crippen molar-refractivity contribution < 1.29 is 14.3 Å². The summed E-state index contributed by atoms with van der Waals surface area (Å²) in [4.78, 5) is 14.4. The van der Waals surface area contributed by atoms with Crippen LogP contribution in [0.1, 0.15) is 38.2 Å². The van der Waals surface area contributed by atoms with Gasteiger partial charge in [-0.25, -0.2) is 0 Å². The Bertz CT molecular complexity index is 561. The Hall–Kier alpha value is -1.75. The number of rotatable bonds is 3. The van der Waals surface area contributed by atoms with Gasteiger partial charge in [0, 0.05) is 31.5 Å². The van der Waals surface area contributed by atoms with Crippen LogP contribution in [0.15, 0.2) is 18.2 Å². The summed E-state index contributed by atoms with van der Waals surface area (Å²) in [6.07, 6.45) is 3.96. The number of hydrogen-bond acceptors (Lipinski definition) is 4. The van der Waals surface area contributed by atoms with Gasteiger partial charge in [-0.15, -0.1) is 0 Å². The molecule has 5 heteroatoms. The number of carbonyl (C=O) groups excluding carboxylic acids is 1. The molecule has 0 saturated carbocycles. The average molecular weight is 318 g/mol. The van der Waals surface area contributed by atoms with E-state index in [1.54, 1.807) is 0 Å². The Morgan fingerprint density at radius 2 is 2.09 bits per heavy atom. The maximum Gasteiger partial charge on any atom is 0.223 e. The number of hydrogen-bond donors (Lipinski definition) is 1. The molecule has 0 spiro atoms. The summed E-state index contributed by atoms with van der Waals surface area (Å²) in [5, 5.41) is 0. The first-order chi connectivity index (χ1) is 11.1. The Balaban J connectivity index is 1.57. The monoisotopic (exact) mass is 318 g/mol. The highest BCUT2D eigenvalue weighted by Crippen LogP contribution is 2.31. The molecule has 2 aliphatic heterocycles. The van der Waals surface area contributed by atoms with E-state index < -0.39 is 0 Å². The minimum atomic E-state index is 0.219. The van der Waals surface area contributed by atoms with Gasteiger partial charge in [0.15, 0.2) is 11.5 Å². The fourth-order valence-electron chi connectivity index (χ4n) is 3.34. The number of piperidine rings is 1. The Kier molecular flexibility index (Phi) is 5.06. The number of amides is 1. The van der Waals surface area contributed by atoms with Crippen molar-refractivity contribution in [1.82, 2.24) is 4.90 Å². The van der Waals surface area contributed by atoms with Gasteiger partial charge in [-0.1, -0.05) is 6.07 Å². The highest BCUT2D eigenvalue weighted by Gasteiger charge is 2.26. The second kappa shape index (κ2) is 7.21. The predicted octanol–water partition coefficient (Wildman–Crippen LogP) is 2.12. The molecule has 0 aromatic heterocycles. The highest BCUT2D eigenvalue weighted by atomic mass is 16.5. The summed E-state index contributed by atoms with van der Waals surface area (Å²) in [5.74, 6) is 1.82. The minimum Gasteiger partial charge on any atom is -0.490 e. The van der Waals surface area contributed by atoms with Crippen molar-refractivity contribution in [2.45, 2.75) is 51.1 Å². The number of aryl methyl sites for hydroxylation is 1. The quantitative estimate of drug-likeness (QED) is 0.927. The molecule has 3 rings (SSSR count). The predicted molar refractivity (Wildman–Crippen MR) is 88.8 cm³/mol. The summed E-state index contributed by atoms with van der Waals surface area (Å²) in [6.45, 7) is 4.24. The lowest BCUT2D eigenvalue weighted by molar-refractivity contribution is -0.134. The largest absolute Gasteiger partial charge is 0.490 e. The van der Waals surface area contributed by atoms with E-state index in [1.165, 1.54) is 0 Å². The van der Waals surface area contributed by atoms with E-state index in [0.717, 1.165) is 49.3 Å². The number of benzene rings is 1. The lowest BCUT2D eigenvalue weighted by Crippen LogP contribution is -2.48. The second-order valence-corrected chi connectivity index (χ2v) is 6.55. The summed E-state index contributed by atoms with van der Waals surface area (Å²) in [6, 6.07) is 6.45. The normalized spacial score (nSPS) is 24.2. The third-order valence-electron chi connectivity index (χ3n) is 4.68. The van der Waals surface area contributed by atoms with Crippen LogP contribution in [-0.2, 0) is 11.2 Å². The zero-order valence-corrected chi connectivity index (χ0v) is 13.8. The molecule has 1 aromatic rings. The third kappa shape index (κ3) is 3.96. The van der Waals surface area contributed by atoms with Crippen LogP contribution in [0.3, 0.4) is 0 Å². The number of ether oxygens (including phenoxy) is 2. The zero-order valence-electron chi connectivity index (χ0n) is 13.8. The smallest absolute Gasteiger partial charge is 0.223 e. The standard InChI is InChI=1S/C18H26N2O3/c1-13-11-15(19)7-8-20(13)18(21)6-4-14-3-5-16-17(12-14)23-10-2-9-22-16/h3,5,12-13,15H,2,4,6-11,19H2,1H3/t13-,15+/m0/s1. The Morgan fingerprint density at radius 1 is 1.30 bits per heavy atom. The number of likely N-dealkylation sites (tertiary alicyclic amines) is 1. The van der Waals surface area contributed by atoms with Crippen molar-refractivity contribution in [2.75, 3.05) is 19.8 Å². The highest BCUT2D eigenvalue weighted by molar-refractivity contribution is 5.77. The van der Waals surface area contributed by atoms with Crippen LogP contribution in [-0.4, -0.2) is 42.6 Å². The third-order valence-corrected chi connectivity index (χ3v) is 4.68. The molecule has 126 valence electrons. The van der Waals surface area contributed by atoms with E-state index in [9.17, 15) is 4.79 Å². The van der Waals surface area contributed by atoms with Crippen molar-refractivity contribution >= 4 is 5.91 Å². The summed E-state index contributed by atoms with van der Waals surface area (Å²) in [5.41, 5.74) is 7.08. The lowest BCUT2D eigenvalue weighted by atomic mass is 9.98. The van der Waals surface area contributed by atoms with Gasteiger partial charge in [0.25, 0.3) is 0 Å². The zero-order chi connectivity index (χ0) is 16.2. The van der Waals surface area contributed by atoms with Crippen molar-refractivity contribution in [1.29, 1.82) is 0 Å². The van der Waals surface area contributed by atoms with Crippen molar-refractivity contribution in [3.8, 4) is 11.5 Å². The number of nitrogens with two attached hydrogens (primary N) is 1. The molecule has 1 saturated heterocycles. The molecule has 23 heavy (non-hydrogen) atoms. The fourth-order valence-corrected chi connectivity index (χ4v) is 3.34. The lowest BCUT2D eigenvalue weighted by Gasteiger charge is -2.36. The molecule has 0 radical (unpaired) electrons. The molecule has 2 heterocycles. The number of fused-ring (bicyclic) bond motifs is 1. The topological polar surface area (TPSA) is 64.8 Å². The maximum atomic E-state index is 12.5. The number of nitrogens with zero attached hydrogens (tertiary/aromatic N) is 1. The molecule has 1 amide bonds. The Labute approximate surface area is 137 Å². The molecular formula is C18H26N2O3. The molecule has 0 unspecified atom stereocenters. The van der Waals surface area contributed by atoms with E-state index in [0.29, 0.717) is 19.6 Å². The first kappa shape index (κ1) is 16.1. The van der Waals surface area contributed by atoms with Gasteiger partial charge in [0.1, 0.15) is 0 Å². The van der Waals surface area contributed by atoms with Crippen LogP contribution >= 0.6 is 0 Å². The maximum absolute atomic E-state index is 12.5. The molecule has 5 nitrogen and oxygen atoms in total. The first-order valence-corrected chi connectivity index (χ1v) is 8.57. The number of carbonyl (C=O) groups is 1. The summed E-state index contributed by atoms with van der Waals surface area (Å²) >= 11 is 0.